The van der Waals surface area contributed by atoms with Crippen LogP contribution in [0.3, 0.4) is 0 Å². The normalized spacial score (nSPS) is 11.9. The average Bonchev–Trinajstić information content (AvgIpc) is 2.45. The summed E-state index contributed by atoms with van der Waals surface area (Å²) in [5.41, 5.74) is 0.450. The highest BCUT2D eigenvalue weighted by molar-refractivity contribution is 5.89. The van der Waals surface area contributed by atoms with E-state index >= 15 is 0 Å². The lowest BCUT2D eigenvalue weighted by atomic mass is 10.2. The minimum Gasteiger partial charge on any atom is -0.494 e. The molecule has 1 rings (SSSR count). The van der Waals surface area contributed by atoms with Gasteiger partial charge in [0.25, 0.3) is 0 Å². The molecule has 1 aromatic carbocycles. The zero-order valence-electron chi connectivity index (χ0n) is 11.8. The second-order valence-electron chi connectivity index (χ2n) is 4.41. The number of hydrogen-bond acceptors (Lipinski definition) is 4. The Morgan fingerprint density at radius 3 is 2.47 bits per heavy atom. The summed E-state index contributed by atoms with van der Waals surface area (Å²) in [6.07, 6.45) is 2.81. The fourth-order valence-corrected chi connectivity index (χ4v) is 1.26. The maximum atomic E-state index is 11.6. The summed E-state index contributed by atoms with van der Waals surface area (Å²) in [4.78, 5) is 21.3. The van der Waals surface area contributed by atoms with Crippen molar-refractivity contribution in [2.45, 2.75) is 46.1 Å². The van der Waals surface area contributed by atoms with Crippen molar-refractivity contribution in [1.29, 1.82) is 0 Å². The molecule has 0 aliphatic rings. The Bertz CT molecular complexity index is 372. The van der Waals surface area contributed by atoms with E-state index in [1.807, 2.05) is 13.8 Å². The molecule has 4 nitrogen and oxygen atoms in total. The summed E-state index contributed by atoms with van der Waals surface area (Å²) in [5, 5.41) is 0. The second kappa shape index (κ2) is 8.53. The van der Waals surface area contributed by atoms with Crippen LogP contribution in [0.1, 0.15) is 50.4 Å². The van der Waals surface area contributed by atoms with E-state index in [0.29, 0.717) is 12.2 Å². The molecule has 0 amide bonds. The lowest BCUT2D eigenvalue weighted by Gasteiger charge is -2.09. The van der Waals surface area contributed by atoms with E-state index in [1.54, 1.807) is 24.3 Å². The first kappa shape index (κ1) is 15.5. The Hall–Kier alpha value is -1.55. The van der Waals surface area contributed by atoms with Crippen LogP contribution in [0, 0.1) is 0 Å². The Balaban J connectivity index is 2.44. The molecule has 19 heavy (non-hydrogen) atoms. The summed E-state index contributed by atoms with van der Waals surface area (Å²) in [6.45, 7) is 6.61. The SMILES string of the molecule is CCCCOc1ccc(C(=O)OOC(C)CC)cc1. The lowest BCUT2D eigenvalue weighted by Crippen LogP contribution is -2.12. The molecule has 1 unspecified atom stereocenters. The van der Waals surface area contributed by atoms with Crippen molar-refractivity contribution in [2.24, 2.45) is 0 Å². The lowest BCUT2D eigenvalue weighted by molar-refractivity contribution is -0.270. The van der Waals surface area contributed by atoms with Crippen LogP contribution in [0.15, 0.2) is 24.3 Å². The van der Waals surface area contributed by atoms with Crippen LogP contribution < -0.4 is 4.74 Å². The average molecular weight is 266 g/mol. The second-order valence-corrected chi connectivity index (χ2v) is 4.41. The molecular weight excluding hydrogens is 244 g/mol. The molecular formula is C15H22O4. The van der Waals surface area contributed by atoms with Gasteiger partial charge in [-0.05, 0) is 44.0 Å². The van der Waals surface area contributed by atoms with Crippen molar-refractivity contribution in [1.82, 2.24) is 0 Å². The number of hydrogen-bond donors (Lipinski definition) is 0. The van der Waals surface area contributed by atoms with Gasteiger partial charge in [-0.3, -0.25) is 4.89 Å². The Morgan fingerprint density at radius 2 is 1.89 bits per heavy atom. The van der Waals surface area contributed by atoms with Crippen molar-refractivity contribution >= 4 is 5.97 Å². The van der Waals surface area contributed by atoms with Gasteiger partial charge in [-0.2, -0.15) is 4.89 Å². The molecule has 0 aromatic heterocycles. The van der Waals surface area contributed by atoms with Gasteiger partial charge in [0, 0.05) is 0 Å². The van der Waals surface area contributed by atoms with E-state index in [9.17, 15) is 4.79 Å². The maximum absolute atomic E-state index is 11.6. The zero-order chi connectivity index (χ0) is 14.1. The van der Waals surface area contributed by atoms with Crippen LogP contribution in [-0.2, 0) is 9.78 Å². The molecule has 0 bridgehead atoms. The predicted octanol–water partition coefficient (Wildman–Crippen LogP) is 3.75. The van der Waals surface area contributed by atoms with Gasteiger partial charge < -0.3 is 4.74 Å². The van der Waals surface area contributed by atoms with Gasteiger partial charge in [0.2, 0.25) is 0 Å². The first-order chi connectivity index (χ1) is 9.17. The van der Waals surface area contributed by atoms with Gasteiger partial charge in [0.05, 0.1) is 12.2 Å². The summed E-state index contributed by atoms with van der Waals surface area (Å²) in [5.74, 6) is 0.272. The summed E-state index contributed by atoms with van der Waals surface area (Å²) >= 11 is 0. The van der Waals surface area contributed by atoms with Crippen molar-refractivity contribution in [3.05, 3.63) is 29.8 Å². The third-order valence-corrected chi connectivity index (χ3v) is 2.72. The number of rotatable bonds is 8. The van der Waals surface area contributed by atoms with Crippen molar-refractivity contribution in [3.63, 3.8) is 0 Å². The smallest absolute Gasteiger partial charge is 0.373 e. The van der Waals surface area contributed by atoms with Gasteiger partial charge >= 0.3 is 5.97 Å². The largest absolute Gasteiger partial charge is 0.494 e. The number of ether oxygens (including phenoxy) is 1. The fraction of sp³-hybridized carbons (Fsp3) is 0.533. The highest BCUT2D eigenvalue weighted by Gasteiger charge is 2.10. The van der Waals surface area contributed by atoms with Crippen LogP contribution in [0.25, 0.3) is 0 Å². The summed E-state index contributed by atoms with van der Waals surface area (Å²) in [6, 6.07) is 6.86. The van der Waals surface area contributed by atoms with E-state index in [2.05, 4.69) is 6.92 Å². The van der Waals surface area contributed by atoms with Crippen molar-refractivity contribution in [2.75, 3.05) is 6.61 Å². The highest BCUT2D eigenvalue weighted by atomic mass is 17.2. The molecule has 4 heteroatoms. The minimum absolute atomic E-state index is 0.0967. The van der Waals surface area contributed by atoms with Crippen LogP contribution in [0.5, 0.6) is 5.75 Å². The standard InChI is InChI=1S/C15H22O4/c1-4-6-11-17-14-9-7-13(8-10-14)15(16)19-18-12(3)5-2/h7-10,12H,4-6,11H2,1-3H3. The number of carbonyl (C=O) groups is 1. The van der Waals surface area contributed by atoms with E-state index in [1.165, 1.54) is 0 Å². The topological polar surface area (TPSA) is 44.8 Å². The molecule has 0 spiro atoms. The maximum Gasteiger partial charge on any atom is 0.373 e. The van der Waals surface area contributed by atoms with E-state index < -0.39 is 5.97 Å². The fourth-order valence-electron chi connectivity index (χ4n) is 1.26. The zero-order valence-corrected chi connectivity index (χ0v) is 11.8. The molecule has 0 saturated heterocycles. The van der Waals surface area contributed by atoms with Gasteiger partial charge in [-0.1, -0.05) is 20.3 Å². The van der Waals surface area contributed by atoms with Crippen LogP contribution >= 0.6 is 0 Å². The quantitative estimate of drug-likeness (QED) is 0.408. The van der Waals surface area contributed by atoms with Gasteiger partial charge in [-0.25, -0.2) is 4.79 Å². The van der Waals surface area contributed by atoms with Crippen LogP contribution in [0.4, 0.5) is 0 Å². The van der Waals surface area contributed by atoms with E-state index in [0.717, 1.165) is 25.0 Å². The van der Waals surface area contributed by atoms with Crippen molar-refractivity contribution in [3.8, 4) is 5.75 Å². The van der Waals surface area contributed by atoms with Crippen molar-refractivity contribution < 1.29 is 19.3 Å². The Morgan fingerprint density at radius 1 is 1.21 bits per heavy atom. The number of benzene rings is 1. The van der Waals surface area contributed by atoms with Crippen LogP contribution in [-0.4, -0.2) is 18.7 Å². The minimum atomic E-state index is -0.486. The molecule has 1 aromatic rings. The summed E-state index contributed by atoms with van der Waals surface area (Å²) in [7, 11) is 0. The first-order valence-electron chi connectivity index (χ1n) is 6.77. The van der Waals surface area contributed by atoms with E-state index in [4.69, 9.17) is 14.5 Å². The molecule has 0 aliphatic carbocycles. The predicted molar refractivity (Wildman–Crippen MR) is 73.1 cm³/mol. The third kappa shape index (κ3) is 5.75. The van der Waals surface area contributed by atoms with Gasteiger partial charge in [-0.15, -0.1) is 0 Å². The Labute approximate surface area is 114 Å². The highest BCUT2D eigenvalue weighted by Crippen LogP contribution is 2.14. The van der Waals surface area contributed by atoms with Gasteiger partial charge in [0.15, 0.2) is 0 Å². The summed E-state index contributed by atoms with van der Waals surface area (Å²) < 4.78 is 5.51. The van der Waals surface area contributed by atoms with Crippen LogP contribution in [0.2, 0.25) is 0 Å². The number of carbonyl (C=O) groups excluding carboxylic acids is 1. The number of unbranched alkanes of at least 4 members (excludes halogenated alkanes) is 1. The first-order valence-corrected chi connectivity index (χ1v) is 6.77. The molecule has 0 heterocycles. The molecule has 0 radical (unpaired) electrons. The van der Waals surface area contributed by atoms with E-state index in [-0.39, 0.29) is 6.10 Å². The Kier molecular flexibility index (Phi) is 6.97. The van der Waals surface area contributed by atoms with Gasteiger partial charge in [0.1, 0.15) is 11.9 Å². The molecule has 0 saturated carbocycles. The molecule has 1 atom stereocenters. The molecule has 106 valence electrons. The molecule has 0 fully saturated rings. The molecule has 0 aliphatic heterocycles. The molecule has 0 N–H and O–H groups in total. The monoisotopic (exact) mass is 266 g/mol. The third-order valence-electron chi connectivity index (χ3n) is 2.72.